The Bertz CT molecular complexity index is 1730. The van der Waals surface area contributed by atoms with E-state index in [1.807, 2.05) is 13.8 Å². The zero-order valence-corrected chi connectivity index (χ0v) is 25.1. The van der Waals surface area contributed by atoms with Gasteiger partial charge in [-0.3, -0.25) is 10.4 Å². The number of carboxylic acid groups (broad SMARTS) is 1. The summed E-state index contributed by atoms with van der Waals surface area (Å²) in [5.74, 6) is -3.55. The number of aliphatic carboxylic acids is 1. The number of carbonyl (C=O) groups is 1. The number of hydrogen-bond donors (Lipinski definition) is 2. The number of alkyl halides is 3. The number of benzene rings is 2. The third-order valence-electron chi connectivity index (χ3n) is 7.72. The molecule has 3 heterocycles. The van der Waals surface area contributed by atoms with Crippen molar-refractivity contribution >= 4 is 23.6 Å². The van der Waals surface area contributed by atoms with Gasteiger partial charge < -0.3 is 18.9 Å². The summed E-state index contributed by atoms with van der Waals surface area (Å²) in [5, 5.41) is 15.9. The van der Waals surface area contributed by atoms with Crippen LogP contribution in [0.1, 0.15) is 69.4 Å². The number of hydrogen-bond acceptors (Lipinski definition) is 7. The lowest BCUT2D eigenvalue weighted by molar-refractivity contribution is -0.146. The highest BCUT2D eigenvalue weighted by molar-refractivity contribution is 5.83. The van der Waals surface area contributed by atoms with Crippen molar-refractivity contribution in [2.45, 2.75) is 64.1 Å². The van der Waals surface area contributed by atoms with E-state index in [0.717, 1.165) is 25.0 Å². The maximum Gasteiger partial charge on any atom is 0.417 e. The molecule has 1 aliphatic rings. The van der Waals surface area contributed by atoms with Crippen molar-refractivity contribution in [1.29, 1.82) is 0 Å². The summed E-state index contributed by atoms with van der Waals surface area (Å²) in [6.45, 7) is 4.06. The molecule has 1 aliphatic heterocycles. The number of nitrogens with zero attached hydrogens (tertiary/aromatic N) is 4. The highest BCUT2D eigenvalue weighted by Crippen LogP contribution is 2.42. The van der Waals surface area contributed by atoms with E-state index >= 15 is 0 Å². The van der Waals surface area contributed by atoms with Gasteiger partial charge in [0.15, 0.2) is 23.2 Å². The first-order valence-electron chi connectivity index (χ1n) is 14.8. The summed E-state index contributed by atoms with van der Waals surface area (Å²) >= 11 is 0. The average Bonchev–Trinajstić information content (AvgIpc) is 3.69. The van der Waals surface area contributed by atoms with Crippen LogP contribution in [0.25, 0.3) is 17.3 Å². The van der Waals surface area contributed by atoms with Crippen LogP contribution in [0.2, 0.25) is 0 Å². The highest BCUT2D eigenvalue weighted by atomic mass is 19.4. The molecule has 4 aromatic rings. The first-order valence-corrected chi connectivity index (χ1v) is 14.8. The van der Waals surface area contributed by atoms with Gasteiger partial charge in [0.05, 0.1) is 24.2 Å². The molecule has 0 spiro atoms. The summed E-state index contributed by atoms with van der Waals surface area (Å²) in [5.41, 5.74) is -0.524. The van der Waals surface area contributed by atoms with Gasteiger partial charge in [0.2, 0.25) is 5.54 Å². The van der Waals surface area contributed by atoms with E-state index in [0.29, 0.717) is 19.3 Å². The van der Waals surface area contributed by atoms with Gasteiger partial charge in [0.25, 0.3) is 0 Å². The van der Waals surface area contributed by atoms with Crippen molar-refractivity contribution in [3.63, 3.8) is 0 Å². The van der Waals surface area contributed by atoms with Gasteiger partial charge in [-0.2, -0.15) is 13.2 Å². The Morgan fingerprint density at radius 3 is 2.59 bits per heavy atom. The number of aromatic nitrogens is 3. The third kappa shape index (κ3) is 6.15. The Hall–Kier alpha value is -4.88. The first-order chi connectivity index (χ1) is 22.0. The van der Waals surface area contributed by atoms with Gasteiger partial charge >= 0.3 is 12.1 Å². The monoisotopic (exact) mass is 645 g/mol. The normalized spacial score (nSPS) is 14.1. The van der Waals surface area contributed by atoms with Crippen molar-refractivity contribution in [3.05, 3.63) is 83.6 Å². The molecule has 2 N–H and O–H groups in total. The molecule has 1 atom stereocenters. The number of imidazole rings is 1. The molecular weight excluding hydrogens is 613 g/mol. The maximum absolute atomic E-state index is 14.5. The second-order valence-electron chi connectivity index (χ2n) is 10.8. The number of ether oxygens (including phenoxy) is 1. The molecule has 1 unspecified atom stereocenters. The number of fused-ring (bicyclic) bond motifs is 1. The van der Waals surface area contributed by atoms with Gasteiger partial charge in [0.1, 0.15) is 17.1 Å². The predicted octanol–water partition coefficient (Wildman–Crippen LogP) is 8.24. The van der Waals surface area contributed by atoms with Crippen molar-refractivity contribution in [1.82, 2.24) is 14.7 Å². The Morgan fingerprint density at radius 2 is 1.87 bits per heavy atom. The van der Waals surface area contributed by atoms with Gasteiger partial charge in [-0.05, 0) is 55.7 Å². The number of nitrogens with one attached hydrogen (secondary N) is 1. The number of rotatable bonds is 13. The lowest BCUT2D eigenvalue weighted by Gasteiger charge is -2.31. The summed E-state index contributed by atoms with van der Waals surface area (Å²) in [6.07, 6.45) is 2.76. The number of unbranched alkanes of at least 4 members (excludes halogenated alkanes) is 3. The fourth-order valence-corrected chi connectivity index (χ4v) is 5.40. The Kier molecular flexibility index (Phi) is 9.35. The van der Waals surface area contributed by atoms with E-state index in [1.54, 1.807) is 0 Å². The molecule has 0 saturated carbocycles. The summed E-state index contributed by atoms with van der Waals surface area (Å²) in [6, 6.07) is 8.34. The van der Waals surface area contributed by atoms with E-state index in [2.05, 4.69) is 15.6 Å². The Balaban J connectivity index is 1.59. The minimum Gasteiger partial charge on any atom is -0.494 e. The topological polar surface area (TPSA) is 106 Å². The van der Waals surface area contributed by atoms with Gasteiger partial charge in [-0.25, -0.2) is 18.6 Å². The molecule has 0 radical (unpaired) electrons. The van der Waals surface area contributed by atoms with Crippen LogP contribution in [-0.2, 0) is 16.5 Å². The lowest BCUT2D eigenvalue weighted by atomic mass is 9.87. The minimum atomic E-state index is -4.77. The van der Waals surface area contributed by atoms with Crippen LogP contribution in [-0.4, -0.2) is 32.4 Å². The zero-order chi connectivity index (χ0) is 33.1. The molecule has 0 bridgehead atoms. The zero-order valence-electron chi connectivity index (χ0n) is 25.1. The van der Waals surface area contributed by atoms with Crippen LogP contribution >= 0.6 is 0 Å². The molecule has 5 rings (SSSR count). The fraction of sp³-hybridized carbons (Fsp3) is 0.344. The van der Waals surface area contributed by atoms with Crippen LogP contribution in [0.4, 0.5) is 33.5 Å². The quantitative estimate of drug-likeness (QED) is 0.111. The third-order valence-corrected chi connectivity index (χ3v) is 7.72. The van der Waals surface area contributed by atoms with E-state index < -0.39 is 34.9 Å². The Labute approximate surface area is 261 Å². The average molecular weight is 646 g/mol. The van der Waals surface area contributed by atoms with Crippen molar-refractivity contribution in [2.24, 2.45) is 0 Å². The van der Waals surface area contributed by atoms with Crippen molar-refractivity contribution in [3.8, 4) is 17.0 Å². The molecule has 0 fully saturated rings. The van der Waals surface area contributed by atoms with Gasteiger partial charge in [-0.15, -0.1) is 0 Å². The standard InChI is InChI=1S/C32H32F5N5O4/c1-3-5-6-7-14-31(30(43)44,41-19-38-29-26(41)13-15-42(39-29)25-10-8-9-23(33)28(25)34)27-18-24(40-46-27)21-12-11-20(45-16-4-2)17-22(21)32(35,36)37/h8-13,15,17-19,39H,3-7,14,16H2,1-2H3,(H,43,44). The molecule has 46 heavy (non-hydrogen) atoms. The number of anilines is 2. The molecule has 0 aliphatic carbocycles. The van der Waals surface area contributed by atoms with E-state index in [-0.39, 0.29) is 53.0 Å². The number of carboxylic acids is 1. The van der Waals surface area contributed by atoms with Gasteiger partial charge in [-0.1, -0.05) is 44.3 Å². The minimum absolute atomic E-state index is 0.00817. The molecule has 9 nitrogen and oxygen atoms in total. The molecule has 0 saturated heterocycles. The molecule has 2 aromatic heterocycles. The van der Waals surface area contributed by atoms with Gasteiger partial charge in [0, 0.05) is 17.8 Å². The molecule has 14 heteroatoms. The highest BCUT2D eigenvalue weighted by Gasteiger charge is 2.48. The molecule has 2 aromatic carbocycles. The number of hydrazine groups is 1. The summed E-state index contributed by atoms with van der Waals surface area (Å²) in [7, 11) is 0. The lowest BCUT2D eigenvalue weighted by Crippen LogP contribution is -2.43. The second kappa shape index (κ2) is 13.2. The smallest absolute Gasteiger partial charge is 0.417 e. The summed E-state index contributed by atoms with van der Waals surface area (Å²) < 4.78 is 83.3. The molecular formula is C32H32F5N5O4. The van der Waals surface area contributed by atoms with Crippen LogP contribution in [0.15, 0.2) is 59.5 Å². The van der Waals surface area contributed by atoms with E-state index in [9.17, 15) is 31.9 Å². The van der Waals surface area contributed by atoms with Crippen LogP contribution < -0.4 is 15.2 Å². The number of halogens is 5. The SMILES string of the molecule is CCCCCCC(C(=O)O)(c1cc(-c2ccc(OCCC)cc2C(F)(F)F)no1)n1cnc2c1C=CN(c1cccc(F)c1F)N2. The maximum atomic E-state index is 14.5. The van der Waals surface area contributed by atoms with Crippen LogP contribution in [0, 0.1) is 11.6 Å². The van der Waals surface area contributed by atoms with Crippen molar-refractivity contribution in [2.75, 3.05) is 17.0 Å². The first kappa shape index (κ1) is 32.5. The largest absolute Gasteiger partial charge is 0.494 e. The fourth-order valence-electron chi connectivity index (χ4n) is 5.40. The van der Waals surface area contributed by atoms with E-state index in [1.165, 1.54) is 58.5 Å². The Morgan fingerprint density at radius 1 is 1.07 bits per heavy atom. The predicted molar refractivity (Wildman–Crippen MR) is 160 cm³/mol. The summed E-state index contributed by atoms with van der Waals surface area (Å²) in [4.78, 5) is 17.6. The van der Waals surface area contributed by atoms with E-state index in [4.69, 9.17) is 9.26 Å². The molecule has 0 amide bonds. The van der Waals surface area contributed by atoms with Crippen molar-refractivity contribution < 1.29 is 41.1 Å². The second-order valence-corrected chi connectivity index (χ2v) is 10.8. The van der Waals surface area contributed by atoms with Crippen LogP contribution in [0.5, 0.6) is 5.75 Å². The van der Waals surface area contributed by atoms with Crippen LogP contribution in [0.3, 0.4) is 0 Å². The molecule has 244 valence electrons.